The summed E-state index contributed by atoms with van der Waals surface area (Å²) < 4.78 is 69.6. The Morgan fingerprint density at radius 3 is 2.15 bits per heavy atom. The van der Waals surface area contributed by atoms with E-state index in [1.54, 1.807) is 24.3 Å². The van der Waals surface area contributed by atoms with Crippen LogP contribution in [0.2, 0.25) is 0 Å². The summed E-state index contributed by atoms with van der Waals surface area (Å²) in [6.07, 6.45) is -5.97. The molecule has 5 aromatic rings. The second-order valence-corrected chi connectivity index (χ2v) is 13.0. The maximum Gasteiger partial charge on any atom is 0.428 e. The first kappa shape index (κ1) is 34.5. The van der Waals surface area contributed by atoms with Gasteiger partial charge in [0, 0.05) is 36.6 Å². The van der Waals surface area contributed by atoms with Crippen LogP contribution in [-0.2, 0) is 32.3 Å². The number of carbonyl (C=O) groups excluding carboxylic acids is 3. The first-order valence-corrected chi connectivity index (χ1v) is 16.4. The van der Waals surface area contributed by atoms with Crippen molar-refractivity contribution >= 4 is 28.9 Å². The topological polar surface area (TPSA) is 130 Å². The number of oxazole rings is 1. The molecule has 52 heavy (non-hydrogen) atoms. The van der Waals surface area contributed by atoms with Crippen LogP contribution < -0.4 is 9.47 Å². The molecule has 1 saturated carbocycles. The minimum Gasteiger partial charge on any atom is -0.473 e. The molecule has 7 rings (SSSR count). The molecule has 1 atom stereocenters. The zero-order valence-corrected chi connectivity index (χ0v) is 27.9. The molecule has 0 radical (unpaired) electrons. The normalized spacial score (nSPS) is 17.8. The number of esters is 2. The van der Waals surface area contributed by atoms with E-state index in [0.717, 1.165) is 18.2 Å². The summed E-state index contributed by atoms with van der Waals surface area (Å²) in [5.74, 6) is -2.87. The summed E-state index contributed by atoms with van der Waals surface area (Å²) >= 11 is 0. The predicted octanol–water partition coefficient (Wildman–Crippen LogP) is 6.69. The molecular weight excluding hydrogens is 683 g/mol. The van der Waals surface area contributed by atoms with E-state index in [1.165, 1.54) is 11.0 Å². The predicted molar refractivity (Wildman–Crippen MR) is 178 cm³/mol. The number of pyridine rings is 1. The van der Waals surface area contributed by atoms with E-state index in [0.29, 0.717) is 29.2 Å². The fraction of sp³-hybridized carbons (Fsp3) is 0.289. The first-order chi connectivity index (χ1) is 25.0. The second-order valence-electron chi connectivity index (χ2n) is 13.0. The lowest BCUT2D eigenvalue weighted by molar-refractivity contribution is -0.271. The molecule has 2 aliphatic rings. The molecule has 1 aliphatic carbocycles. The molecule has 2 fully saturated rings. The number of aromatic nitrogens is 2. The minimum atomic E-state index is -4.92. The maximum atomic E-state index is 14.2. The van der Waals surface area contributed by atoms with Crippen LogP contribution >= 0.6 is 0 Å². The molecule has 0 bridgehead atoms. The van der Waals surface area contributed by atoms with Crippen molar-refractivity contribution in [2.75, 3.05) is 20.2 Å². The van der Waals surface area contributed by atoms with Crippen molar-refractivity contribution in [3.05, 3.63) is 108 Å². The molecule has 1 aliphatic heterocycles. The van der Waals surface area contributed by atoms with Crippen molar-refractivity contribution in [3.8, 4) is 23.2 Å². The van der Waals surface area contributed by atoms with E-state index in [4.69, 9.17) is 18.6 Å². The van der Waals surface area contributed by atoms with Crippen molar-refractivity contribution in [2.24, 2.45) is 5.41 Å². The van der Waals surface area contributed by atoms with Crippen LogP contribution in [0, 0.1) is 5.41 Å². The largest absolute Gasteiger partial charge is 0.473 e. The highest BCUT2D eigenvalue weighted by Gasteiger charge is 2.68. The monoisotopic (exact) mass is 715 g/mol. The van der Waals surface area contributed by atoms with Crippen LogP contribution in [0.5, 0.6) is 11.8 Å². The van der Waals surface area contributed by atoms with E-state index in [9.17, 15) is 27.6 Å². The number of rotatable bonds is 9. The lowest BCUT2D eigenvalue weighted by Gasteiger charge is -2.49. The number of nitrogens with zero attached hydrogens (tertiary/aromatic N) is 3. The van der Waals surface area contributed by atoms with E-state index in [2.05, 4.69) is 14.7 Å². The van der Waals surface area contributed by atoms with Crippen molar-refractivity contribution < 1.29 is 50.9 Å². The molecule has 11 nitrogen and oxygen atoms in total. The van der Waals surface area contributed by atoms with Crippen molar-refractivity contribution in [3.63, 3.8) is 0 Å². The average molecular weight is 716 g/mol. The van der Waals surface area contributed by atoms with Gasteiger partial charge in [-0.05, 0) is 48.2 Å². The van der Waals surface area contributed by atoms with Gasteiger partial charge in [-0.1, -0.05) is 60.7 Å². The van der Waals surface area contributed by atoms with E-state index in [-0.39, 0.29) is 43.5 Å². The molecule has 2 aromatic heterocycles. The Kier molecular flexibility index (Phi) is 9.07. The van der Waals surface area contributed by atoms with Gasteiger partial charge in [0.2, 0.25) is 23.3 Å². The minimum absolute atomic E-state index is 0.0194. The van der Waals surface area contributed by atoms with Crippen molar-refractivity contribution in [1.82, 2.24) is 14.9 Å². The number of carbonyl (C=O) groups is 3. The van der Waals surface area contributed by atoms with Gasteiger partial charge >= 0.3 is 18.1 Å². The summed E-state index contributed by atoms with van der Waals surface area (Å²) in [4.78, 5) is 47.6. The number of benzene rings is 3. The van der Waals surface area contributed by atoms with E-state index in [1.807, 2.05) is 60.7 Å². The Morgan fingerprint density at radius 1 is 0.827 bits per heavy atom. The molecule has 268 valence electrons. The Morgan fingerprint density at radius 2 is 1.50 bits per heavy atom. The molecular formula is C38H32F3N3O8. The summed E-state index contributed by atoms with van der Waals surface area (Å²) in [5.41, 5.74) is -0.396. The lowest BCUT2D eigenvalue weighted by Crippen LogP contribution is -2.59. The number of methoxy groups -OCH3 is 1. The highest BCUT2D eigenvalue weighted by molar-refractivity contribution is 6.29. The Bertz CT molecular complexity index is 2120. The van der Waals surface area contributed by atoms with Gasteiger partial charge < -0.3 is 28.3 Å². The molecule has 1 saturated heterocycles. The van der Waals surface area contributed by atoms with Gasteiger partial charge in [0.05, 0.1) is 12.7 Å². The van der Waals surface area contributed by atoms with Gasteiger partial charge in [0.1, 0.15) is 18.7 Å². The Labute approximate surface area is 295 Å². The lowest BCUT2D eigenvalue weighted by atomic mass is 9.76. The second kappa shape index (κ2) is 13.7. The number of hydrogen-bond donors (Lipinski definition) is 0. The van der Waals surface area contributed by atoms with Crippen LogP contribution in [0.25, 0.3) is 22.6 Å². The van der Waals surface area contributed by atoms with Gasteiger partial charge in [0.15, 0.2) is 5.58 Å². The smallest absolute Gasteiger partial charge is 0.428 e. The fourth-order valence-corrected chi connectivity index (χ4v) is 6.71. The Hall–Kier alpha value is -5.92. The van der Waals surface area contributed by atoms with E-state index >= 15 is 0 Å². The maximum absolute atomic E-state index is 14.2. The number of fused-ring (bicyclic) bond motifs is 1. The molecule has 1 unspecified atom stereocenters. The molecule has 3 aromatic carbocycles. The molecule has 1 amide bonds. The number of amides is 1. The molecule has 0 N–H and O–H groups in total. The standard InChI is InChI=1S/C38H32F3N3O8/c1-48-34(46)35(47)52-37(38(39,40)41)17-16-36(21-37)22-44(23-36)33(45)26-12-14-28-29(18-26)51-32(42-28)27-13-15-30(49-19-24-8-4-2-5-9-24)43-31(27)50-20-25-10-6-3-7-11-25/h2-15,18H,16-17,19-23H2,1H3. The summed E-state index contributed by atoms with van der Waals surface area (Å²) in [6.45, 7) is 0.559. The highest BCUT2D eigenvalue weighted by Crippen LogP contribution is 2.57. The third-order valence-corrected chi connectivity index (χ3v) is 9.36. The van der Waals surface area contributed by atoms with Gasteiger partial charge in [-0.2, -0.15) is 18.2 Å². The van der Waals surface area contributed by atoms with Gasteiger partial charge in [0.25, 0.3) is 5.91 Å². The first-order valence-electron chi connectivity index (χ1n) is 16.4. The van der Waals surface area contributed by atoms with E-state index < -0.39 is 47.9 Å². The van der Waals surface area contributed by atoms with Crippen LogP contribution in [0.3, 0.4) is 0 Å². The van der Waals surface area contributed by atoms with Crippen molar-refractivity contribution in [2.45, 2.75) is 44.3 Å². The summed E-state index contributed by atoms with van der Waals surface area (Å²) in [7, 11) is 0.878. The summed E-state index contributed by atoms with van der Waals surface area (Å²) in [5, 5.41) is 0. The fourth-order valence-electron chi connectivity index (χ4n) is 6.71. The van der Waals surface area contributed by atoms with Crippen LogP contribution in [0.15, 0.2) is 95.4 Å². The average Bonchev–Trinajstić information content (AvgIpc) is 3.75. The number of ether oxygens (including phenoxy) is 4. The molecule has 3 heterocycles. The van der Waals surface area contributed by atoms with Crippen molar-refractivity contribution in [1.29, 1.82) is 0 Å². The summed E-state index contributed by atoms with van der Waals surface area (Å²) in [6, 6.07) is 27.3. The highest BCUT2D eigenvalue weighted by atomic mass is 19.4. The van der Waals surface area contributed by atoms with Crippen LogP contribution in [0.4, 0.5) is 13.2 Å². The number of hydrogen-bond acceptors (Lipinski definition) is 10. The SMILES string of the molecule is COC(=O)C(=O)OC1(C(F)(F)F)CCC2(CN(C(=O)c3ccc4nc(-c5ccc(OCc6ccccc6)nc5OCc5ccccc5)oc4c3)C2)C1. The third kappa shape index (κ3) is 6.88. The quantitative estimate of drug-likeness (QED) is 0.120. The zero-order chi connectivity index (χ0) is 36.5. The van der Waals surface area contributed by atoms with Crippen LogP contribution in [-0.4, -0.2) is 64.7 Å². The van der Waals surface area contributed by atoms with Crippen LogP contribution in [0.1, 0.15) is 40.7 Å². The molecule has 14 heteroatoms. The number of likely N-dealkylation sites (tertiary alicyclic amines) is 1. The van der Waals surface area contributed by atoms with Gasteiger partial charge in [-0.25, -0.2) is 14.6 Å². The Balaban J connectivity index is 1.08. The van der Waals surface area contributed by atoms with Gasteiger partial charge in [-0.3, -0.25) is 4.79 Å². The van der Waals surface area contributed by atoms with Gasteiger partial charge in [-0.15, -0.1) is 0 Å². The third-order valence-electron chi connectivity index (χ3n) is 9.36. The zero-order valence-electron chi connectivity index (χ0n) is 27.9. The number of alkyl halides is 3. The molecule has 1 spiro atoms. The number of halogens is 3.